The molecule has 1 amide bonds. The van der Waals surface area contributed by atoms with E-state index >= 15 is 0 Å². The van der Waals surface area contributed by atoms with Crippen molar-refractivity contribution in [2.24, 2.45) is 5.92 Å². The molecule has 2 fully saturated rings. The quantitative estimate of drug-likeness (QED) is 0.819. The summed E-state index contributed by atoms with van der Waals surface area (Å²) in [6, 6.07) is 0. The number of rotatable bonds is 2. The van der Waals surface area contributed by atoms with Crippen molar-refractivity contribution < 1.29 is 14.1 Å². The molecule has 21 heavy (non-hydrogen) atoms. The number of carbonyl (C=O) groups excluding carboxylic acids is 1. The third-order valence-corrected chi connectivity index (χ3v) is 4.85. The first-order valence-electron chi connectivity index (χ1n) is 6.75. The maximum atomic E-state index is 12.5. The second-order valence-electron chi connectivity index (χ2n) is 5.57. The van der Waals surface area contributed by atoms with Crippen LogP contribution in [0.25, 0.3) is 0 Å². The van der Waals surface area contributed by atoms with Gasteiger partial charge in [-0.25, -0.2) is 4.98 Å². The summed E-state index contributed by atoms with van der Waals surface area (Å²) in [5, 5.41) is 5.65. The van der Waals surface area contributed by atoms with E-state index in [2.05, 4.69) is 15.1 Å². The van der Waals surface area contributed by atoms with Crippen molar-refractivity contribution in [3.8, 4) is 0 Å². The fraction of sp³-hybridized carbons (Fsp3) is 0.538. The smallest absolute Gasteiger partial charge is 0.273 e. The fourth-order valence-corrected chi connectivity index (χ4v) is 3.70. The monoisotopic (exact) mass is 306 g/mol. The first-order valence-corrected chi connectivity index (χ1v) is 7.69. The van der Waals surface area contributed by atoms with Gasteiger partial charge >= 0.3 is 0 Å². The highest BCUT2D eigenvalue weighted by Crippen LogP contribution is 2.43. The SMILES string of the molecule is Cc1noc([C@]23COC[C@H]2CN(C(=O)c2cscn2)C3)n1. The molecule has 7 nitrogen and oxygen atoms in total. The van der Waals surface area contributed by atoms with Gasteiger partial charge in [0.1, 0.15) is 5.69 Å². The van der Waals surface area contributed by atoms with E-state index in [1.807, 2.05) is 4.90 Å². The average molecular weight is 306 g/mol. The zero-order valence-electron chi connectivity index (χ0n) is 11.5. The van der Waals surface area contributed by atoms with Crippen LogP contribution < -0.4 is 0 Å². The van der Waals surface area contributed by atoms with Crippen LogP contribution >= 0.6 is 11.3 Å². The molecule has 0 spiro atoms. The summed E-state index contributed by atoms with van der Waals surface area (Å²) in [4.78, 5) is 22.8. The standard InChI is InChI=1S/C13H14N4O3S/c1-8-15-12(20-16-8)13-5-17(2-9(13)3-19-6-13)11(18)10-4-21-7-14-10/h4,7,9H,2-3,5-6H2,1H3/t9-,13-/m1/s1. The van der Waals surface area contributed by atoms with Crippen LogP contribution in [0.15, 0.2) is 15.4 Å². The van der Waals surface area contributed by atoms with Crippen LogP contribution in [-0.2, 0) is 10.2 Å². The highest BCUT2D eigenvalue weighted by Gasteiger charge is 2.56. The third kappa shape index (κ3) is 1.90. The number of hydrogen-bond donors (Lipinski definition) is 0. The average Bonchev–Trinajstić information content (AvgIpc) is 3.21. The summed E-state index contributed by atoms with van der Waals surface area (Å²) in [7, 11) is 0. The third-order valence-electron chi connectivity index (χ3n) is 4.27. The molecule has 4 heterocycles. The van der Waals surface area contributed by atoms with Gasteiger partial charge in [-0.15, -0.1) is 11.3 Å². The Morgan fingerprint density at radius 3 is 3.19 bits per heavy atom. The number of carbonyl (C=O) groups is 1. The van der Waals surface area contributed by atoms with Crippen molar-refractivity contribution in [1.29, 1.82) is 0 Å². The van der Waals surface area contributed by atoms with Gasteiger partial charge in [0, 0.05) is 24.4 Å². The number of amides is 1. The molecule has 2 atom stereocenters. The van der Waals surface area contributed by atoms with Crippen molar-refractivity contribution in [3.05, 3.63) is 28.3 Å². The molecule has 0 aliphatic carbocycles. The van der Waals surface area contributed by atoms with Gasteiger partial charge in [-0.05, 0) is 6.92 Å². The first-order chi connectivity index (χ1) is 10.2. The summed E-state index contributed by atoms with van der Waals surface area (Å²) in [5.41, 5.74) is 1.80. The Balaban J connectivity index is 1.65. The van der Waals surface area contributed by atoms with Crippen molar-refractivity contribution in [2.75, 3.05) is 26.3 Å². The number of likely N-dealkylation sites (tertiary alicyclic amines) is 1. The Morgan fingerprint density at radius 1 is 1.57 bits per heavy atom. The normalized spacial score (nSPS) is 28.0. The van der Waals surface area contributed by atoms with Gasteiger partial charge in [0.05, 0.1) is 24.1 Å². The highest BCUT2D eigenvalue weighted by atomic mass is 32.1. The lowest BCUT2D eigenvalue weighted by Crippen LogP contribution is -2.37. The molecule has 0 N–H and O–H groups in total. The number of nitrogens with zero attached hydrogens (tertiary/aromatic N) is 4. The minimum absolute atomic E-state index is 0.0405. The lowest BCUT2D eigenvalue weighted by atomic mass is 9.81. The molecule has 4 rings (SSSR count). The van der Waals surface area contributed by atoms with Gasteiger partial charge in [0.2, 0.25) is 5.89 Å². The molecule has 2 aliphatic rings. The van der Waals surface area contributed by atoms with E-state index in [9.17, 15) is 4.79 Å². The van der Waals surface area contributed by atoms with Gasteiger partial charge in [0.25, 0.3) is 5.91 Å². The number of ether oxygens (including phenoxy) is 1. The Kier molecular flexibility index (Phi) is 2.83. The van der Waals surface area contributed by atoms with Crippen molar-refractivity contribution in [2.45, 2.75) is 12.3 Å². The molecule has 2 aromatic heterocycles. The maximum Gasteiger partial charge on any atom is 0.273 e. The molecule has 0 bridgehead atoms. The molecule has 2 aromatic rings. The van der Waals surface area contributed by atoms with Gasteiger partial charge in [-0.3, -0.25) is 4.79 Å². The van der Waals surface area contributed by atoms with E-state index in [4.69, 9.17) is 9.26 Å². The molecule has 2 saturated heterocycles. The predicted octanol–water partition coefficient (Wildman–Crippen LogP) is 0.875. The van der Waals surface area contributed by atoms with E-state index in [0.717, 1.165) is 0 Å². The molecule has 0 aromatic carbocycles. The van der Waals surface area contributed by atoms with Crippen LogP contribution in [0, 0.1) is 12.8 Å². The molecular weight excluding hydrogens is 292 g/mol. The van der Waals surface area contributed by atoms with Gasteiger partial charge in [-0.2, -0.15) is 4.98 Å². The largest absolute Gasteiger partial charge is 0.380 e. The van der Waals surface area contributed by atoms with Gasteiger partial charge in [-0.1, -0.05) is 5.16 Å². The Labute approximate surface area is 124 Å². The Bertz CT molecular complexity index is 671. The molecule has 0 saturated carbocycles. The van der Waals surface area contributed by atoms with Crippen LogP contribution in [-0.4, -0.2) is 52.2 Å². The number of fused-ring (bicyclic) bond motifs is 1. The minimum atomic E-state index is -0.368. The molecule has 0 unspecified atom stereocenters. The number of thiazole rings is 1. The molecular formula is C13H14N4O3S. The summed E-state index contributed by atoms with van der Waals surface area (Å²) < 4.78 is 11.0. The molecule has 2 aliphatic heterocycles. The van der Waals surface area contributed by atoms with Crippen LogP contribution in [0.2, 0.25) is 0 Å². The predicted molar refractivity (Wildman–Crippen MR) is 73.0 cm³/mol. The zero-order chi connectivity index (χ0) is 14.4. The summed E-state index contributed by atoms with van der Waals surface area (Å²) in [5.74, 6) is 1.34. The van der Waals surface area contributed by atoms with Crippen molar-refractivity contribution in [1.82, 2.24) is 20.0 Å². The second-order valence-corrected chi connectivity index (χ2v) is 6.29. The first kappa shape index (κ1) is 12.9. The lowest BCUT2D eigenvalue weighted by molar-refractivity contribution is 0.0731. The summed E-state index contributed by atoms with van der Waals surface area (Å²) in [6.07, 6.45) is 0. The second kappa shape index (κ2) is 4.60. The molecule has 8 heteroatoms. The minimum Gasteiger partial charge on any atom is -0.380 e. The zero-order valence-corrected chi connectivity index (χ0v) is 12.3. The van der Waals surface area contributed by atoms with Crippen molar-refractivity contribution >= 4 is 17.2 Å². The van der Waals surface area contributed by atoms with Crippen LogP contribution in [0.3, 0.4) is 0 Å². The Morgan fingerprint density at radius 2 is 2.48 bits per heavy atom. The topological polar surface area (TPSA) is 81.4 Å². The number of hydrogen-bond acceptors (Lipinski definition) is 7. The summed E-state index contributed by atoms with van der Waals surface area (Å²) >= 11 is 1.42. The maximum absolute atomic E-state index is 12.5. The van der Waals surface area contributed by atoms with Crippen LogP contribution in [0.1, 0.15) is 22.2 Å². The summed E-state index contributed by atoms with van der Waals surface area (Å²) in [6.45, 7) is 4.09. The number of aryl methyl sites for hydroxylation is 1. The van der Waals surface area contributed by atoms with Gasteiger partial charge in [0.15, 0.2) is 5.82 Å². The van der Waals surface area contributed by atoms with E-state index < -0.39 is 0 Å². The van der Waals surface area contributed by atoms with Gasteiger partial charge < -0.3 is 14.2 Å². The van der Waals surface area contributed by atoms with E-state index in [1.54, 1.807) is 17.8 Å². The molecule has 110 valence electrons. The fourth-order valence-electron chi connectivity index (χ4n) is 3.17. The highest BCUT2D eigenvalue weighted by molar-refractivity contribution is 7.07. The van der Waals surface area contributed by atoms with E-state index in [0.29, 0.717) is 43.7 Å². The number of aromatic nitrogens is 3. The Hall–Kier alpha value is -1.80. The van der Waals surface area contributed by atoms with E-state index in [1.165, 1.54) is 11.3 Å². The van der Waals surface area contributed by atoms with Crippen molar-refractivity contribution in [3.63, 3.8) is 0 Å². The van der Waals surface area contributed by atoms with Crippen LogP contribution in [0.4, 0.5) is 0 Å². The lowest BCUT2D eigenvalue weighted by Gasteiger charge is -2.22. The van der Waals surface area contributed by atoms with Crippen LogP contribution in [0.5, 0.6) is 0 Å². The molecule has 0 radical (unpaired) electrons. The van der Waals surface area contributed by atoms with E-state index in [-0.39, 0.29) is 17.2 Å².